The van der Waals surface area contributed by atoms with Crippen LogP contribution in [-0.2, 0) is 6.42 Å². The number of hydrogen-bond donors (Lipinski definition) is 1. The van der Waals surface area contributed by atoms with Gasteiger partial charge in [0.15, 0.2) is 0 Å². The quantitative estimate of drug-likeness (QED) is 0.823. The average Bonchev–Trinajstić information content (AvgIpc) is 2.40. The minimum Gasteiger partial charge on any atom is -0.313 e. The van der Waals surface area contributed by atoms with Gasteiger partial charge >= 0.3 is 0 Å². The van der Waals surface area contributed by atoms with Gasteiger partial charge in [-0.05, 0) is 48.9 Å². The van der Waals surface area contributed by atoms with E-state index in [0.717, 1.165) is 22.6 Å². The highest BCUT2D eigenvalue weighted by molar-refractivity contribution is 6.36. The third-order valence-electron chi connectivity index (χ3n) is 3.09. The molecule has 1 nitrogen and oxygen atoms in total. The van der Waals surface area contributed by atoms with Crippen LogP contribution >= 0.6 is 34.8 Å². The molecular weight excluding hydrogens is 301 g/mol. The minimum atomic E-state index is 0.148. The van der Waals surface area contributed by atoms with Crippen LogP contribution in [0.5, 0.6) is 0 Å². The molecule has 1 N–H and O–H groups in total. The molecule has 0 radical (unpaired) electrons. The summed E-state index contributed by atoms with van der Waals surface area (Å²) in [6.07, 6.45) is 0.733. The summed E-state index contributed by atoms with van der Waals surface area (Å²) in [4.78, 5) is 0. The summed E-state index contributed by atoms with van der Waals surface area (Å²) >= 11 is 18.3. The summed E-state index contributed by atoms with van der Waals surface area (Å²) in [6, 6.07) is 13.5. The van der Waals surface area contributed by atoms with E-state index in [0.29, 0.717) is 10.0 Å². The van der Waals surface area contributed by atoms with Gasteiger partial charge < -0.3 is 5.32 Å². The van der Waals surface area contributed by atoms with Crippen LogP contribution in [0.4, 0.5) is 0 Å². The second kappa shape index (κ2) is 6.62. The van der Waals surface area contributed by atoms with Gasteiger partial charge in [-0.15, -0.1) is 0 Å². The maximum absolute atomic E-state index is 6.21. The van der Waals surface area contributed by atoms with Crippen LogP contribution in [-0.4, -0.2) is 7.05 Å². The summed E-state index contributed by atoms with van der Waals surface area (Å²) in [5.74, 6) is 0. The zero-order chi connectivity index (χ0) is 13.8. The van der Waals surface area contributed by atoms with Gasteiger partial charge in [0.1, 0.15) is 0 Å². The van der Waals surface area contributed by atoms with Crippen molar-refractivity contribution >= 4 is 34.8 Å². The lowest BCUT2D eigenvalue weighted by molar-refractivity contribution is 0.592. The second-order valence-electron chi connectivity index (χ2n) is 4.30. The molecule has 0 amide bonds. The molecule has 1 unspecified atom stereocenters. The van der Waals surface area contributed by atoms with Gasteiger partial charge in [-0.3, -0.25) is 0 Å². The van der Waals surface area contributed by atoms with Crippen LogP contribution in [0.2, 0.25) is 15.1 Å². The van der Waals surface area contributed by atoms with Gasteiger partial charge in [-0.25, -0.2) is 0 Å². The molecule has 2 rings (SSSR count). The fraction of sp³-hybridized carbons (Fsp3) is 0.200. The summed E-state index contributed by atoms with van der Waals surface area (Å²) in [5.41, 5.74) is 2.11. The molecule has 2 aromatic carbocycles. The van der Waals surface area contributed by atoms with Gasteiger partial charge in [0.05, 0.1) is 0 Å². The standard InChI is InChI=1S/C15H14Cl3N/c1-19-15(10-5-7-11(16)8-6-10)9-12-13(17)3-2-4-14(12)18/h2-8,15,19H,9H2,1H3. The van der Waals surface area contributed by atoms with Gasteiger partial charge in [-0.2, -0.15) is 0 Å². The lowest BCUT2D eigenvalue weighted by Crippen LogP contribution is -2.19. The maximum atomic E-state index is 6.21. The SMILES string of the molecule is CNC(Cc1c(Cl)cccc1Cl)c1ccc(Cl)cc1. The Morgan fingerprint density at radius 2 is 1.53 bits per heavy atom. The lowest BCUT2D eigenvalue weighted by Gasteiger charge is -2.18. The first-order valence-electron chi connectivity index (χ1n) is 5.97. The number of benzene rings is 2. The fourth-order valence-electron chi connectivity index (χ4n) is 2.01. The zero-order valence-corrected chi connectivity index (χ0v) is 12.7. The van der Waals surface area contributed by atoms with Crippen molar-refractivity contribution < 1.29 is 0 Å². The van der Waals surface area contributed by atoms with E-state index in [-0.39, 0.29) is 6.04 Å². The van der Waals surface area contributed by atoms with Crippen LogP contribution in [0.25, 0.3) is 0 Å². The van der Waals surface area contributed by atoms with Crippen LogP contribution in [0, 0.1) is 0 Å². The number of likely N-dealkylation sites (N-methyl/N-ethyl adjacent to an activating group) is 1. The lowest BCUT2D eigenvalue weighted by atomic mass is 9.99. The summed E-state index contributed by atoms with van der Waals surface area (Å²) in [5, 5.41) is 5.40. The largest absolute Gasteiger partial charge is 0.313 e. The van der Waals surface area contributed by atoms with E-state index < -0.39 is 0 Å². The number of rotatable bonds is 4. The first-order valence-corrected chi connectivity index (χ1v) is 7.11. The van der Waals surface area contributed by atoms with Crippen molar-refractivity contribution in [2.45, 2.75) is 12.5 Å². The molecule has 0 fully saturated rings. The van der Waals surface area contributed by atoms with Crippen molar-refractivity contribution in [3.05, 3.63) is 68.7 Å². The highest BCUT2D eigenvalue weighted by atomic mass is 35.5. The Morgan fingerprint density at radius 1 is 0.947 bits per heavy atom. The van der Waals surface area contributed by atoms with E-state index in [9.17, 15) is 0 Å². The van der Waals surface area contributed by atoms with E-state index in [2.05, 4.69) is 5.32 Å². The van der Waals surface area contributed by atoms with Crippen molar-refractivity contribution in [3.8, 4) is 0 Å². The molecule has 100 valence electrons. The average molecular weight is 315 g/mol. The molecule has 0 bridgehead atoms. The van der Waals surface area contributed by atoms with Gasteiger partial charge in [-0.1, -0.05) is 53.0 Å². The molecule has 0 heterocycles. The van der Waals surface area contributed by atoms with Crippen molar-refractivity contribution in [1.29, 1.82) is 0 Å². The van der Waals surface area contributed by atoms with Crippen molar-refractivity contribution in [3.63, 3.8) is 0 Å². The molecule has 0 spiro atoms. The highest BCUT2D eigenvalue weighted by Crippen LogP contribution is 2.29. The van der Waals surface area contributed by atoms with E-state index in [4.69, 9.17) is 34.8 Å². The molecule has 4 heteroatoms. The third kappa shape index (κ3) is 3.64. The molecule has 1 atom stereocenters. The Bertz CT molecular complexity index is 532. The topological polar surface area (TPSA) is 12.0 Å². The Hall–Kier alpha value is -0.730. The van der Waals surface area contributed by atoms with Crippen LogP contribution < -0.4 is 5.32 Å². The Morgan fingerprint density at radius 3 is 2.05 bits per heavy atom. The predicted octanol–water partition coefficient (Wildman–Crippen LogP) is 5.15. The fourth-order valence-corrected chi connectivity index (χ4v) is 2.69. The number of hydrogen-bond acceptors (Lipinski definition) is 1. The van der Waals surface area contributed by atoms with E-state index in [1.807, 2.05) is 49.5 Å². The van der Waals surface area contributed by atoms with Gasteiger partial charge in [0.25, 0.3) is 0 Å². The molecule has 2 aromatic rings. The van der Waals surface area contributed by atoms with Gasteiger partial charge in [0.2, 0.25) is 0 Å². The van der Waals surface area contributed by atoms with Crippen molar-refractivity contribution in [2.24, 2.45) is 0 Å². The molecule has 0 aliphatic rings. The maximum Gasteiger partial charge on any atom is 0.0453 e. The first-order chi connectivity index (χ1) is 9.11. The summed E-state index contributed by atoms with van der Waals surface area (Å²) in [7, 11) is 1.92. The molecule has 0 aliphatic carbocycles. The molecule has 19 heavy (non-hydrogen) atoms. The van der Waals surface area contributed by atoms with E-state index >= 15 is 0 Å². The first kappa shape index (κ1) is 14.7. The Kier molecular flexibility index (Phi) is 5.12. The Labute approximate surface area is 128 Å². The van der Waals surface area contributed by atoms with Crippen LogP contribution in [0.1, 0.15) is 17.2 Å². The van der Waals surface area contributed by atoms with E-state index in [1.54, 1.807) is 0 Å². The third-order valence-corrected chi connectivity index (χ3v) is 4.05. The van der Waals surface area contributed by atoms with Crippen LogP contribution in [0.15, 0.2) is 42.5 Å². The number of nitrogens with one attached hydrogen (secondary N) is 1. The Balaban J connectivity index is 2.26. The summed E-state index contributed by atoms with van der Waals surface area (Å²) in [6.45, 7) is 0. The van der Waals surface area contributed by atoms with Crippen molar-refractivity contribution in [2.75, 3.05) is 7.05 Å². The minimum absolute atomic E-state index is 0.148. The van der Waals surface area contributed by atoms with Crippen molar-refractivity contribution in [1.82, 2.24) is 5.32 Å². The smallest absolute Gasteiger partial charge is 0.0453 e. The van der Waals surface area contributed by atoms with Gasteiger partial charge in [0, 0.05) is 21.1 Å². The summed E-state index contributed by atoms with van der Waals surface area (Å²) < 4.78 is 0. The highest BCUT2D eigenvalue weighted by Gasteiger charge is 2.14. The normalized spacial score (nSPS) is 12.4. The molecule has 0 saturated heterocycles. The molecular formula is C15H14Cl3N. The second-order valence-corrected chi connectivity index (χ2v) is 5.55. The molecule has 0 aromatic heterocycles. The zero-order valence-electron chi connectivity index (χ0n) is 10.5. The van der Waals surface area contributed by atoms with Crippen LogP contribution in [0.3, 0.4) is 0 Å². The predicted molar refractivity (Wildman–Crippen MR) is 83.4 cm³/mol. The molecule has 0 aliphatic heterocycles. The molecule has 0 saturated carbocycles. The van der Waals surface area contributed by atoms with E-state index in [1.165, 1.54) is 0 Å². The monoisotopic (exact) mass is 313 g/mol. The number of halogens is 3.